The Hall–Kier alpha value is -0.0800. The SMILES string of the molecule is CC1CCNC(CN2CCCC(C)(C)CC2)C1. The van der Waals surface area contributed by atoms with Crippen LogP contribution in [0.1, 0.15) is 52.9 Å². The van der Waals surface area contributed by atoms with Crippen molar-refractivity contribution < 1.29 is 0 Å². The van der Waals surface area contributed by atoms with Crippen molar-refractivity contribution in [3.8, 4) is 0 Å². The van der Waals surface area contributed by atoms with Gasteiger partial charge in [0.1, 0.15) is 0 Å². The van der Waals surface area contributed by atoms with Gasteiger partial charge in [0.15, 0.2) is 0 Å². The lowest BCUT2D eigenvalue weighted by Crippen LogP contribution is -2.45. The number of likely N-dealkylation sites (tertiary alicyclic amines) is 1. The molecular weight excluding hydrogens is 208 g/mol. The summed E-state index contributed by atoms with van der Waals surface area (Å²) in [6.45, 7) is 12.4. The second-order valence-corrected chi connectivity index (χ2v) is 7.10. The second kappa shape index (κ2) is 5.71. The Balaban J connectivity index is 1.78. The highest BCUT2D eigenvalue weighted by Crippen LogP contribution is 2.30. The molecule has 2 aliphatic rings. The highest BCUT2D eigenvalue weighted by Gasteiger charge is 2.25. The van der Waals surface area contributed by atoms with E-state index in [2.05, 4.69) is 31.0 Å². The number of rotatable bonds is 2. The number of hydrogen-bond acceptors (Lipinski definition) is 2. The van der Waals surface area contributed by atoms with Gasteiger partial charge in [-0.3, -0.25) is 0 Å². The van der Waals surface area contributed by atoms with Gasteiger partial charge in [0.2, 0.25) is 0 Å². The summed E-state index contributed by atoms with van der Waals surface area (Å²) in [6.07, 6.45) is 6.89. The van der Waals surface area contributed by atoms with Crippen molar-refractivity contribution in [3.63, 3.8) is 0 Å². The van der Waals surface area contributed by atoms with E-state index >= 15 is 0 Å². The molecule has 2 nitrogen and oxygen atoms in total. The lowest BCUT2D eigenvalue weighted by molar-refractivity contribution is 0.204. The van der Waals surface area contributed by atoms with E-state index in [1.807, 2.05) is 0 Å². The maximum Gasteiger partial charge on any atom is 0.0197 e. The Kier molecular flexibility index (Phi) is 4.48. The van der Waals surface area contributed by atoms with E-state index in [-0.39, 0.29) is 0 Å². The van der Waals surface area contributed by atoms with Gasteiger partial charge in [0.05, 0.1) is 0 Å². The summed E-state index contributed by atoms with van der Waals surface area (Å²) in [5.41, 5.74) is 0.571. The number of piperidine rings is 1. The van der Waals surface area contributed by atoms with Crippen LogP contribution in [0.3, 0.4) is 0 Å². The molecule has 2 rings (SSSR count). The van der Waals surface area contributed by atoms with Crippen LogP contribution < -0.4 is 5.32 Å². The zero-order valence-corrected chi connectivity index (χ0v) is 12.0. The average molecular weight is 238 g/mol. The van der Waals surface area contributed by atoms with Crippen LogP contribution in [0.4, 0.5) is 0 Å². The highest BCUT2D eigenvalue weighted by atomic mass is 15.2. The van der Waals surface area contributed by atoms with Crippen molar-refractivity contribution in [1.29, 1.82) is 0 Å². The third-order valence-electron chi connectivity index (χ3n) is 4.67. The topological polar surface area (TPSA) is 15.3 Å². The Morgan fingerprint density at radius 2 is 2.06 bits per heavy atom. The third kappa shape index (κ3) is 4.26. The zero-order valence-electron chi connectivity index (χ0n) is 12.0. The molecule has 17 heavy (non-hydrogen) atoms. The van der Waals surface area contributed by atoms with Crippen LogP contribution in [-0.2, 0) is 0 Å². The van der Waals surface area contributed by atoms with Gasteiger partial charge in [-0.15, -0.1) is 0 Å². The molecule has 2 saturated heterocycles. The predicted octanol–water partition coefficient (Wildman–Crippen LogP) is 2.89. The highest BCUT2D eigenvalue weighted by molar-refractivity contribution is 4.82. The molecule has 2 heteroatoms. The van der Waals surface area contributed by atoms with Crippen LogP contribution in [0, 0.1) is 11.3 Å². The molecule has 0 aromatic carbocycles. The summed E-state index contributed by atoms with van der Waals surface area (Å²) >= 11 is 0. The van der Waals surface area contributed by atoms with Gasteiger partial charge in [-0.25, -0.2) is 0 Å². The first-order valence-corrected chi connectivity index (χ1v) is 7.51. The van der Waals surface area contributed by atoms with Crippen molar-refractivity contribution >= 4 is 0 Å². The lowest BCUT2D eigenvalue weighted by atomic mass is 9.85. The van der Waals surface area contributed by atoms with Crippen LogP contribution in [-0.4, -0.2) is 37.1 Å². The molecule has 2 unspecified atom stereocenters. The van der Waals surface area contributed by atoms with E-state index in [1.165, 1.54) is 58.3 Å². The van der Waals surface area contributed by atoms with Crippen LogP contribution in [0.2, 0.25) is 0 Å². The van der Waals surface area contributed by atoms with Gasteiger partial charge >= 0.3 is 0 Å². The molecule has 1 N–H and O–H groups in total. The normalized spacial score (nSPS) is 35.5. The van der Waals surface area contributed by atoms with Crippen LogP contribution >= 0.6 is 0 Å². The third-order valence-corrected chi connectivity index (χ3v) is 4.67. The van der Waals surface area contributed by atoms with Gasteiger partial charge < -0.3 is 10.2 Å². The maximum absolute atomic E-state index is 3.70. The summed E-state index contributed by atoms with van der Waals surface area (Å²) in [5.74, 6) is 0.921. The van der Waals surface area contributed by atoms with Gasteiger partial charge in [0.25, 0.3) is 0 Å². The van der Waals surface area contributed by atoms with Crippen molar-refractivity contribution in [1.82, 2.24) is 10.2 Å². The molecular formula is C15H30N2. The fraction of sp³-hybridized carbons (Fsp3) is 1.00. The first kappa shape index (κ1) is 13.4. The average Bonchev–Trinajstić information content (AvgIpc) is 2.41. The molecule has 0 aromatic rings. The molecule has 2 aliphatic heterocycles. The number of hydrogen-bond donors (Lipinski definition) is 1. The zero-order chi connectivity index (χ0) is 12.3. The maximum atomic E-state index is 3.70. The molecule has 2 fully saturated rings. The number of nitrogens with one attached hydrogen (secondary N) is 1. The minimum Gasteiger partial charge on any atom is -0.313 e. The molecule has 100 valence electrons. The minimum atomic E-state index is 0.571. The molecule has 0 radical (unpaired) electrons. The molecule has 2 heterocycles. The van der Waals surface area contributed by atoms with Crippen molar-refractivity contribution in [2.75, 3.05) is 26.2 Å². The minimum absolute atomic E-state index is 0.571. The molecule has 2 atom stereocenters. The van der Waals surface area contributed by atoms with E-state index in [4.69, 9.17) is 0 Å². The summed E-state index contributed by atoms with van der Waals surface area (Å²) < 4.78 is 0. The van der Waals surface area contributed by atoms with E-state index in [9.17, 15) is 0 Å². The van der Waals surface area contributed by atoms with E-state index < -0.39 is 0 Å². The summed E-state index contributed by atoms with van der Waals surface area (Å²) in [7, 11) is 0. The monoisotopic (exact) mass is 238 g/mol. The van der Waals surface area contributed by atoms with Crippen molar-refractivity contribution in [2.45, 2.75) is 58.9 Å². The molecule has 0 spiro atoms. The first-order valence-electron chi connectivity index (χ1n) is 7.51. The fourth-order valence-electron chi connectivity index (χ4n) is 3.33. The van der Waals surface area contributed by atoms with Crippen LogP contribution in [0.25, 0.3) is 0 Å². The van der Waals surface area contributed by atoms with Crippen LogP contribution in [0.5, 0.6) is 0 Å². The largest absolute Gasteiger partial charge is 0.313 e. The quantitative estimate of drug-likeness (QED) is 0.796. The summed E-state index contributed by atoms with van der Waals surface area (Å²) in [5, 5.41) is 3.70. The Morgan fingerprint density at radius 3 is 2.82 bits per heavy atom. The van der Waals surface area contributed by atoms with Crippen molar-refractivity contribution in [2.24, 2.45) is 11.3 Å². The van der Waals surface area contributed by atoms with Gasteiger partial charge in [0, 0.05) is 12.6 Å². The Bertz CT molecular complexity index is 237. The molecule has 0 amide bonds. The fourth-order valence-corrected chi connectivity index (χ4v) is 3.33. The number of nitrogens with zero attached hydrogens (tertiary/aromatic N) is 1. The predicted molar refractivity (Wildman–Crippen MR) is 74.3 cm³/mol. The lowest BCUT2D eigenvalue weighted by Gasteiger charge is -2.32. The molecule has 0 aromatic heterocycles. The summed E-state index contributed by atoms with van der Waals surface area (Å²) in [4.78, 5) is 2.70. The summed E-state index contributed by atoms with van der Waals surface area (Å²) in [6, 6.07) is 0.750. The standard InChI is InChI=1S/C15H30N2/c1-13-5-8-16-14(11-13)12-17-9-4-6-15(2,3)7-10-17/h13-14,16H,4-12H2,1-3H3. The van der Waals surface area contributed by atoms with E-state index in [0.717, 1.165) is 12.0 Å². The Morgan fingerprint density at radius 1 is 1.24 bits per heavy atom. The molecule has 0 aliphatic carbocycles. The first-order chi connectivity index (χ1) is 8.05. The van der Waals surface area contributed by atoms with Crippen molar-refractivity contribution in [3.05, 3.63) is 0 Å². The molecule has 0 saturated carbocycles. The molecule has 0 bridgehead atoms. The van der Waals surface area contributed by atoms with Crippen LogP contribution in [0.15, 0.2) is 0 Å². The van der Waals surface area contributed by atoms with Gasteiger partial charge in [-0.05, 0) is 63.1 Å². The van der Waals surface area contributed by atoms with E-state index in [0.29, 0.717) is 5.41 Å². The Labute approximate surface area is 107 Å². The van der Waals surface area contributed by atoms with E-state index in [1.54, 1.807) is 0 Å². The van der Waals surface area contributed by atoms with Gasteiger partial charge in [-0.1, -0.05) is 20.8 Å². The van der Waals surface area contributed by atoms with Gasteiger partial charge in [-0.2, -0.15) is 0 Å². The second-order valence-electron chi connectivity index (χ2n) is 7.10. The smallest absolute Gasteiger partial charge is 0.0197 e.